The van der Waals surface area contributed by atoms with Crippen LogP contribution in [0.25, 0.3) is 0 Å². The van der Waals surface area contributed by atoms with E-state index in [2.05, 4.69) is 5.92 Å². The van der Waals surface area contributed by atoms with Crippen molar-refractivity contribution < 1.29 is 9.90 Å². The number of piperidine rings is 1. The number of aliphatic hydroxyl groups is 1. The number of rotatable bonds is 4. The first kappa shape index (κ1) is 13.0. The molecule has 2 atom stereocenters. The number of carbonyl (C=O) groups is 1. The van der Waals surface area contributed by atoms with Crippen molar-refractivity contribution >= 4 is 5.91 Å². The topological polar surface area (TPSA) is 66.6 Å². The van der Waals surface area contributed by atoms with Gasteiger partial charge >= 0.3 is 0 Å². The second-order valence-corrected chi connectivity index (χ2v) is 4.21. The monoisotopic (exact) mass is 224 g/mol. The molecule has 0 bridgehead atoms. The largest absolute Gasteiger partial charge is 0.396 e. The van der Waals surface area contributed by atoms with Gasteiger partial charge in [-0.25, -0.2) is 0 Å². The summed E-state index contributed by atoms with van der Waals surface area (Å²) in [6, 6.07) is -0.459. The molecule has 4 heteroatoms. The van der Waals surface area contributed by atoms with E-state index in [4.69, 9.17) is 17.3 Å². The Hall–Kier alpha value is -1.05. The number of amides is 1. The van der Waals surface area contributed by atoms with Crippen LogP contribution in [0, 0.1) is 12.3 Å². The third-order valence-corrected chi connectivity index (χ3v) is 3.03. The van der Waals surface area contributed by atoms with Crippen LogP contribution in [0.5, 0.6) is 0 Å². The molecule has 4 nitrogen and oxygen atoms in total. The number of hydrogen-bond donors (Lipinski definition) is 2. The van der Waals surface area contributed by atoms with Crippen LogP contribution >= 0.6 is 0 Å². The molecule has 0 aromatic carbocycles. The molecule has 1 heterocycles. The Morgan fingerprint density at radius 3 is 3.00 bits per heavy atom. The molecular formula is C12H20N2O2. The van der Waals surface area contributed by atoms with E-state index in [1.54, 1.807) is 4.90 Å². The molecule has 16 heavy (non-hydrogen) atoms. The number of aliphatic hydroxyl groups excluding tert-OH is 1. The lowest BCUT2D eigenvalue weighted by molar-refractivity contribution is -0.136. The zero-order chi connectivity index (χ0) is 12.0. The zero-order valence-corrected chi connectivity index (χ0v) is 9.56. The molecule has 1 saturated heterocycles. The third-order valence-electron chi connectivity index (χ3n) is 3.03. The Kier molecular flexibility index (Phi) is 5.30. The van der Waals surface area contributed by atoms with Gasteiger partial charge in [0.05, 0.1) is 6.04 Å². The highest BCUT2D eigenvalue weighted by Crippen LogP contribution is 2.20. The number of nitrogens with two attached hydrogens (primary N) is 1. The van der Waals surface area contributed by atoms with Gasteiger partial charge in [-0.3, -0.25) is 4.79 Å². The molecule has 0 aromatic heterocycles. The Morgan fingerprint density at radius 1 is 1.62 bits per heavy atom. The number of nitrogens with zero attached hydrogens (tertiary/aromatic N) is 1. The first-order valence-electron chi connectivity index (χ1n) is 5.81. The van der Waals surface area contributed by atoms with Crippen LogP contribution in [-0.4, -0.2) is 41.1 Å². The van der Waals surface area contributed by atoms with E-state index < -0.39 is 6.04 Å². The van der Waals surface area contributed by atoms with Crippen molar-refractivity contribution in [3.63, 3.8) is 0 Å². The standard InChI is InChI=1S/C12H20N2O2/c1-2-5-11(13)12(16)14-8-4-3-6-10(14)7-9-15/h1,10-11,15H,3-9,13H2. The number of likely N-dealkylation sites (tertiary alicyclic amines) is 1. The molecule has 0 radical (unpaired) electrons. The first-order valence-corrected chi connectivity index (χ1v) is 5.81. The van der Waals surface area contributed by atoms with Crippen LogP contribution < -0.4 is 5.73 Å². The normalized spacial score (nSPS) is 22.6. The average molecular weight is 224 g/mol. The fourth-order valence-corrected chi connectivity index (χ4v) is 2.17. The molecule has 1 aliphatic heterocycles. The molecule has 0 aromatic rings. The van der Waals surface area contributed by atoms with Crippen LogP contribution in [0.15, 0.2) is 0 Å². The fourth-order valence-electron chi connectivity index (χ4n) is 2.17. The number of terminal acetylenes is 1. The van der Waals surface area contributed by atoms with E-state index in [1.165, 1.54) is 0 Å². The van der Waals surface area contributed by atoms with Gasteiger partial charge < -0.3 is 15.7 Å². The number of carbonyl (C=O) groups excluding carboxylic acids is 1. The summed E-state index contributed by atoms with van der Waals surface area (Å²) < 4.78 is 0. The maximum Gasteiger partial charge on any atom is 0.240 e. The van der Waals surface area contributed by atoms with E-state index >= 15 is 0 Å². The van der Waals surface area contributed by atoms with E-state index in [1.807, 2.05) is 0 Å². The molecule has 90 valence electrons. The maximum atomic E-state index is 12.0. The smallest absolute Gasteiger partial charge is 0.240 e. The lowest BCUT2D eigenvalue weighted by atomic mass is 9.98. The van der Waals surface area contributed by atoms with Crippen molar-refractivity contribution in [1.82, 2.24) is 4.90 Å². The molecule has 0 saturated carbocycles. The van der Waals surface area contributed by atoms with Gasteiger partial charge in [-0.1, -0.05) is 0 Å². The second-order valence-electron chi connectivity index (χ2n) is 4.21. The van der Waals surface area contributed by atoms with Gasteiger partial charge in [0.2, 0.25) is 5.91 Å². The van der Waals surface area contributed by atoms with Gasteiger partial charge in [-0.05, 0) is 25.7 Å². The predicted octanol–water partition coefficient (Wildman–Crippen LogP) is 0.100. The van der Waals surface area contributed by atoms with Crippen LogP contribution in [0.4, 0.5) is 0 Å². The molecular weight excluding hydrogens is 204 g/mol. The van der Waals surface area contributed by atoms with E-state index in [0.29, 0.717) is 6.42 Å². The molecule has 1 aliphatic rings. The fraction of sp³-hybridized carbons (Fsp3) is 0.750. The maximum absolute atomic E-state index is 12.0. The van der Waals surface area contributed by atoms with Crippen molar-refractivity contribution in [2.45, 2.75) is 44.2 Å². The first-order chi connectivity index (χ1) is 7.70. The average Bonchev–Trinajstić information content (AvgIpc) is 2.29. The van der Waals surface area contributed by atoms with Crippen LogP contribution in [0.3, 0.4) is 0 Å². The SMILES string of the molecule is C#CCC(N)C(=O)N1CCCCC1CCO. The van der Waals surface area contributed by atoms with E-state index in [9.17, 15) is 4.79 Å². The Morgan fingerprint density at radius 2 is 2.38 bits per heavy atom. The van der Waals surface area contributed by atoms with Crippen molar-refractivity contribution in [3.05, 3.63) is 0 Å². The van der Waals surface area contributed by atoms with Gasteiger partial charge in [0.1, 0.15) is 0 Å². The lowest BCUT2D eigenvalue weighted by Gasteiger charge is -2.36. The highest BCUT2D eigenvalue weighted by Gasteiger charge is 2.28. The minimum absolute atomic E-state index is 0.0731. The van der Waals surface area contributed by atoms with Crippen molar-refractivity contribution in [3.8, 4) is 12.3 Å². The molecule has 0 aliphatic carbocycles. The van der Waals surface area contributed by atoms with E-state index in [0.717, 1.165) is 25.8 Å². The zero-order valence-electron chi connectivity index (χ0n) is 9.56. The Bertz CT molecular complexity index is 271. The van der Waals surface area contributed by atoms with Gasteiger partial charge in [0.15, 0.2) is 0 Å². The summed E-state index contributed by atoms with van der Waals surface area (Å²) in [5.74, 6) is 2.34. The quantitative estimate of drug-likeness (QED) is 0.666. The third kappa shape index (κ3) is 3.22. The minimum atomic E-state index is -0.593. The minimum Gasteiger partial charge on any atom is -0.396 e. The van der Waals surface area contributed by atoms with Gasteiger partial charge in [-0.2, -0.15) is 0 Å². The Balaban J connectivity index is 2.60. The second kappa shape index (κ2) is 6.51. The highest BCUT2D eigenvalue weighted by atomic mass is 16.3. The molecule has 2 unspecified atom stereocenters. The summed E-state index contributed by atoms with van der Waals surface area (Å²) in [5, 5.41) is 8.96. The van der Waals surface area contributed by atoms with Gasteiger partial charge in [0, 0.05) is 25.6 Å². The number of hydrogen-bond acceptors (Lipinski definition) is 3. The lowest BCUT2D eigenvalue weighted by Crippen LogP contribution is -2.50. The molecule has 1 fully saturated rings. The summed E-state index contributed by atoms with van der Waals surface area (Å²) in [5.41, 5.74) is 5.72. The van der Waals surface area contributed by atoms with Gasteiger partial charge in [0.25, 0.3) is 0 Å². The summed E-state index contributed by atoms with van der Waals surface area (Å²) in [7, 11) is 0. The molecule has 0 spiro atoms. The summed E-state index contributed by atoms with van der Waals surface area (Å²) in [6.07, 6.45) is 9.14. The summed E-state index contributed by atoms with van der Waals surface area (Å²) >= 11 is 0. The van der Waals surface area contributed by atoms with Crippen molar-refractivity contribution in [2.75, 3.05) is 13.2 Å². The van der Waals surface area contributed by atoms with Gasteiger partial charge in [-0.15, -0.1) is 12.3 Å². The highest BCUT2D eigenvalue weighted by molar-refractivity contribution is 5.82. The van der Waals surface area contributed by atoms with Crippen LogP contribution in [-0.2, 0) is 4.79 Å². The van der Waals surface area contributed by atoms with E-state index in [-0.39, 0.29) is 25.0 Å². The molecule has 3 N–H and O–H groups in total. The van der Waals surface area contributed by atoms with Crippen molar-refractivity contribution in [2.24, 2.45) is 5.73 Å². The summed E-state index contributed by atoms with van der Waals surface area (Å²) in [6.45, 7) is 0.848. The van der Waals surface area contributed by atoms with Crippen LogP contribution in [0.1, 0.15) is 32.1 Å². The Labute approximate surface area is 96.8 Å². The molecule has 1 rings (SSSR count). The summed E-state index contributed by atoms with van der Waals surface area (Å²) in [4.78, 5) is 13.8. The van der Waals surface area contributed by atoms with Crippen molar-refractivity contribution in [1.29, 1.82) is 0 Å². The molecule has 1 amide bonds. The van der Waals surface area contributed by atoms with Crippen LogP contribution in [0.2, 0.25) is 0 Å². The predicted molar refractivity (Wildman–Crippen MR) is 62.5 cm³/mol.